The zero-order valence-corrected chi connectivity index (χ0v) is 31.9. The number of esters is 1. The first-order valence-electron chi connectivity index (χ1n) is 17.2. The molecule has 4 N–H and O–H groups in total. The van der Waals surface area contributed by atoms with Crippen LogP contribution in [0.1, 0.15) is 73.8 Å². The zero-order valence-electron chi connectivity index (χ0n) is 30.2. The van der Waals surface area contributed by atoms with Crippen LogP contribution in [0.2, 0.25) is 0 Å². The predicted octanol–water partition coefficient (Wildman–Crippen LogP) is 8.75. The Balaban J connectivity index is 1.28. The molecule has 0 unspecified atom stereocenters. The Hall–Kier alpha value is -5.98. The lowest BCUT2D eigenvalue weighted by Gasteiger charge is -2.13. The van der Waals surface area contributed by atoms with E-state index in [1.165, 1.54) is 11.8 Å². The van der Waals surface area contributed by atoms with Crippen molar-refractivity contribution < 1.29 is 28.7 Å². The standard InChI is InChI=1S/C42H40N4O6S2/c1-5-52-42(51)36-27(4)37(40(50)43-31-15-10-7-11-16-31)54-41(36)46-35(47)25-53-33-18-12-17-32(24-33)44-39(49)34(45-38(48)30-13-8-6-9-14-30)23-28-19-21-29(22-20-28)26(2)3/h6-24,26H,5,25H2,1-4H3,(H,43,50)(H,44,49)(H,45,48)(H,46,47)/b34-23+. The number of thioether (sulfide) groups is 1. The largest absolute Gasteiger partial charge is 0.462 e. The van der Waals surface area contributed by atoms with E-state index >= 15 is 0 Å². The molecule has 4 aromatic carbocycles. The molecule has 0 aliphatic heterocycles. The van der Waals surface area contributed by atoms with E-state index in [1.54, 1.807) is 98.8 Å². The van der Waals surface area contributed by atoms with Gasteiger partial charge in [-0.2, -0.15) is 0 Å². The summed E-state index contributed by atoms with van der Waals surface area (Å²) in [5.41, 5.74) is 3.92. The number of ether oxygens (including phenoxy) is 1. The van der Waals surface area contributed by atoms with E-state index in [-0.39, 0.29) is 33.5 Å². The Bertz CT molecular complexity index is 2160. The molecule has 0 aliphatic carbocycles. The second kappa shape index (κ2) is 18.7. The van der Waals surface area contributed by atoms with Gasteiger partial charge in [0.15, 0.2) is 0 Å². The molecule has 1 heterocycles. The molecule has 0 aliphatic rings. The summed E-state index contributed by atoms with van der Waals surface area (Å²) < 4.78 is 5.24. The molecular weight excluding hydrogens is 721 g/mol. The van der Waals surface area contributed by atoms with E-state index in [9.17, 15) is 24.0 Å². The van der Waals surface area contributed by atoms with Crippen LogP contribution in [0.5, 0.6) is 0 Å². The van der Waals surface area contributed by atoms with E-state index in [4.69, 9.17) is 4.74 Å². The van der Waals surface area contributed by atoms with Crippen LogP contribution in [0.4, 0.5) is 16.4 Å². The fraction of sp³-hybridized carbons (Fsp3) is 0.167. The van der Waals surface area contributed by atoms with Crippen molar-refractivity contribution in [1.82, 2.24) is 5.32 Å². The first kappa shape index (κ1) is 39.2. The fourth-order valence-electron chi connectivity index (χ4n) is 5.24. The third kappa shape index (κ3) is 10.6. The van der Waals surface area contributed by atoms with Crippen LogP contribution in [-0.2, 0) is 14.3 Å². The Morgan fingerprint density at radius 2 is 1.44 bits per heavy atom. The summed E-state index contributed by atoms with van der Waals surface area (Å²) in [6.45, 7) is 7.64. The van der Waals surface area contributed by atoms with Crippen molar-refractivity contribution in [3.05, 3.63) is 148 Å². The summed E-state index contributed by atoms with van der Waals surface area (Å²) in [4.78, 5) is 66.9. The lowest BCUT2D eigenvalue weighted by atomic mass is 10.0. The van der Waals surface area contributed by atoms with E-state index in [1.807, 2.05) is 30.3 Å². The van der Waals surface area contributed by atoms with E-state index < -0.39 is 29.6 Å². The van der Waals surface area contributed by atoms with Crippen molar-refractivity contribution >= 4 is 75.1 Å². The molecule has 0 fully saturated rings. The predicted molar refractivity (Wildman–Crippen MR) is 216 cm³/mol. The normalized spacial score (nSPS) is 11.1. The van der Waals surface area contributed by atoms with Gasteiger partial charge in [-0.1, -0.05) is 80.6 Å². The van der Waals surface area contributed by atoms with Gasteiger partial charge in [-0.25, -0.2) is 4.79 Å². The summed E-state index contributed by atoms with van der Waals surface area (Å²) >= 11 is 2.21. The van der Waals surface area contributed by atoms with Gasteiger partial charge in [-0.05, 0) is 85.0 Å². The molecule has 0 bridgehead atoms. The van der Waals surface area contributed by atoms with Crippen LogP contribution in [0.3, 0.4) is 0 Å². The maximum Gasteiger partial charge on any atom is 0.341 e. The number of nitrogens with one attached hydrogen (secondary N) is 4. The third-order valence-electron chi connectivity index (χ3n) is 8.02. The molecule has 5 aromatic rings. The van der Waals surface area contributed by atoms with Gasteiger partial charge < -0.3 is 26.0 Å². The van der Waals surface area contributed by atoms with Gasteiger partial charge in [0.2, 0.25) is 5.91 Å². The molecule has 0 atom stereocenters. The maximum absolute atomic E-state index is 13.6. The highest BCUT2D eigenvalue weighted by Crippen LogP contribution is 2.35. The van der Waals surface area contributed by atoms with E-state index in [0.29, 0.717) is 33.3 Å². The van der Waals surface area contributed by atoms with Crippen molar-refractivity contribution in [3.8, 4) is 0 Å². The quantitative estimate of drug-likeness (QED) is 0.0504. The van der Waals surface area contributed by atoms with E-state index in [0.717, 1.165) is 22.5 Å². The number of thiophene rings is 1. The van der Waals surface area contributed by atoms with Gasteiger partial charge in [-0.15, -0.1) is 23.1 Å². The summed E-state index contributed by atoms with van der Waals surface area (Å²) in [5.74, 6) is -2.11. The molecule has 4 amide bonds. The van der Waals surface area contributed by atoms with Crippen LogP contribution in [0.25, 0.3) is 6.08 Å². The van der Waals surface area contributed by atoms with Gasteiger partial charge in [-0.3, -0.25) is 19.2 Å². The molecule has 12 heteroatoms. The summed E-state index contributed by atoms with van der Waals surface area (Å²) in [6, 6.07) is 32.3. The second-order valence-electron chi connectivity index (χ2n) is 12.3. The maximum atomic E-state index is 13.6. The molecule has 10 nitrogen and oxygen atoms in total. The Kier molecular flexibility index (Phi) is 13.6. The lowest BCUT2D eigenvalue weighted by molar-refractivity contribution is -0.114. The highest BCUT2D eigenvalue weighted by Gasteiger charge is 2.27. The topological polar surface area (TPSA) is 143 Å². The number of hydrogen-bond donors (Lipinski definition) is 4. The Morgan fingerprint density at radius 1 is 0.778 bits per heavy atom. The lowest BCUT2D eigenvalue weighted by Crippen LogP contribution is -2.30. The second-order valence-corrected chi connectivity index (χ2v) is 14.4. The zero-order chi connectivity index (χ0) is 38.6. The SMILES string of the molecule is CCOC(=O)c1c(NC(=O)CSc2cccc(NC(=O)/C(=C\c3ccc(C(C)C)cc3)NC(=O)c3ccccc3)c2)sc(C(=O)Nc2ccccc2)c1C. The smallest absolute Gasteiger partial charge is 0.341 e. The average molecular weight is 761 g/mol. The monoisotopic (exact) mass is 760 g/mol. The highest BCUT2D eigenvalue weighted by molar-refractivity contribution is 8.00. The summed E-state index contributed by atoms with van der Waals surface area (Å²) in [7, 11) is 0. The van der Waals surface area contributed by atoms with Crippen LogP contribution in [-0.4, -0.2) is 42.0 Å². The van der Waals surface area contributed by atoms with Crippen LogP contribution >= 0.6 is 23.1 Å². The molecule has 0 spiro atoms. The van der Waals surface area contributed by atoms with Gasteiger partial charge in [0.05, 0.1) is 22.8 Å². The number of hydrogen-bond acceptors (Lipinski definition) is 8. The van der Waals surface area contributed by atoms with Crippen LogP contribution in [0, 0.1) is 6.92 Å². The number of anilines is 3. The number of carbonyl (C=O) groups is 5. The molecule has 1 aromatic heterocycles. The Morgan fingerprint density at radius 3 is 2.11 bits per heavy atom. The number of para-hydroxylation sites is 1. The molecule has 54 heavy (non-hydrogen) atoms. The summed E-state index contributed by atoms with van der Waals surface area (Å²) in [6.07, 6.45) is 1.62. The minimum absolute atomic E-state index is 0.0349. The van der Waals surface area contributed by atoms with Crippen molar-refractivity contribution in [2.24, 2.45) is 0 Å². The van der Waals surface area contributed by atoms with Crippen molar-refractivity contribution in [2.45, 2.75) is 38.5 Å². The van der Waals surface area contributed by atoms with Gasteiger partial charge in [0, 0.05) is 21.8 Å². The van der Waals surface area contributed by atoms with Gasteiger partial charge in [0.25, 0.3) is 17.7 Å². The minimum Gasteiger partial charge on any atom is -0.462 e. The molecule has 0 saturated heterocycles. The summed E-state index contributed by atoms with van der Waals surface area (Å²) in [5, 5.41) is 11.4. The molecule has 0 radical (unpaired) electrons. The molecule has 5 rings (SSSR count). The van der Waals surface area contributed by atoms with E-state index in [2.05, 4.69) is 35.1 Å². The third-order valence-corrected chi connectivity index (χ3v) is 10.2. The highest BCUT2D eigenvalue weighted by atomic mass is 32.2. The number of benzene rings is 4. The Labute approximate surface area is 322 Å². The average Bonchev–Trinajstić information content (AvgIpc) is 3.50. The first-order valence-corrected chi connectivity index (χ1v) is 19.0. The van der Waals surface area contributed by atoms with Crippen LogP contribution in [0.15, 0.2) is 120 Å². The number of amides is 4. The first-order chi connectivity index (χ1) is 26.0. The van der Waals surface area contributed by atoms with Crippen LogP contribution < -0.4 is 21.3 Å². The molecule has 276 valence electrons. The van der Waals surface area contributed by atoms with Gasteiger partial charge >= 0.3 is 5.97 Å². The number of rotatable bonds is 14. The van der Waals surface area contributed by atoms with Gasteiger partial charge in [0.1, 0.15) is 10.7 Å². The minimum atomic E-state index is -0.641. The van der Waals surface area contributed by atoms with Crippen molar-refractivity contribution in [1.29, 1.82) is 0 Å². The molecule has 0 saturated carbocycles. The number of carbonyl (C=O) groups excluding carboxylic acids is 5. The van der Waals surface area contributed by atoms with Crippen molar-refractivity contribution in [3.63, 3.8) is 0 Å². The molecular formula is C42H40N4O6S2. The fourth-order valence-corrected chi connectivity index (χ4v) is 7.10. The van der Waals surface area contributed by atoms with Crippen molar-refractivity contribution in [2.75, 3.05) is 28.3 Å².